The van der Waals surface area contributed by atoms with Gasteiger partial charge in [-0.15, -0.1) is 0 Å². The Morgan fingerprint density at radius 2 is 2.08 bits per heavy atom. The van der Waals surface area contributed by atoms with Crippen molar-refractivity contribution in [1.82, 2.24) is 24.9 Å². The van der Waals surface area contributed by atoms with Crippen LogP contribution >= 0.6 is 11.6 Å². The van der Waals surface area contributed by atoms with E-state index in [4.69, 9.17) is 11.6 Å². The SMILES string of the molecule is Cc1nn(CCCNC(=O)Cn2nc(C(F)F)cc2C2CC2)c(C)c1Cl. The lowest BCUT2D eigenvalue weighted by atomic mass is 10.2. The predicted molar refractivity (Wildman–Crippen MR) is 93.5 cm³/mol. The molecule has 0 atom stereocenters. The number of nitrogens with zero attached hydrogens (tertiary/aromatic N) is 4. The van der Waals surface area contributed by atoms with Crippen molar-refractivity contribution in [3.8, 4) is 0 Å². The average Bonchev–Trinajstić information content (AvgIpc) is 3.31. The topological polar surface area (TPSA) is 64.7 Å². The highest BCUT2D eigenvalue weighted by Gasteiger charge is 2.30. The van der Waals surface area contributed by atoms with E-state index in [0.29, 0.717) is 24.5 Å². The number of rotatable bonds is 8. The fourth-order valence-corrected chi connectivity index (χ4v) is 3.07. The molecule has 142 valence electrons. The molecule has 1 amide bonds. The number of nitrogens with one attached hydrogen (secondary N) is 1. The van der Waals surface area contributed by atoms with E-state index in [9.17, 15) is 13.6 Å². The quantitative estimate of drug-likeness (QED) is 0.708. The average molecular weight is 386 g/mol. The number of hydrogen-bond acceptors (Lipinski definition) is 3. The highest BCUT2D eigenvalue weighted by Crippen LogP contribution is 2.41. The first kappa shape index (κ1) is 18.8. The maximum absolute atomic E-state index is 12.9. The lowest BCUT2D eigenvalue weighted by molar-refractivity contribution is -0.121. The zero-order valence-electron chi connectivity index (χ0n) is 14.8. The van der Waals surface area contributed by atoms with Crippen molar-refractivity contribution in [2.45, 2.75) is 58.5 Å². The van der Waals surface area contributed by atoms with E-state index < -0.39 is 6.43 Å². The molecule has 1 saturated carbocycles. The van der Waals surface area contributed by atoms with Gasteiger partial charge in [-0.3, -0.25) is 14.2 Å². The normalized spacial score (nSPS) is 14.2. The van der Waals surface area contributed by atoms with Crippen molar-refractivity contribution in [1.29, 1.82) is 0 Å². The zero-order chi connectivity index (χ0) is 18.8. The molecule has 0 bridgehead atoms. The van der Waals surface area contributed by atoms with E-state index in [1.54, 1.807) is 0 Å². The molecular weight excluding hydrogens is 364 g/mol. The van der Waals surface area contributed by atoms with E-state index in [1.165, 1.54) is 10.7 Å². The molecule has 0 unspecified atom stereocenters. The highest BCUT2D eigenvalue weighted by molar-refractivity contribution is 6.31. The zero-order valence-corrected chi connectivity index (χ0v) is 15.6. The Bertz CT molecular complexity index is 797. The standard InChI is InChI=1S/C17H22ClF2N5O/c1-10-16(18)11(2)24(22-10)7-3-6-21-15(26)9-25-14(12-4-5-12)8-13(23-25)17(19)20/h8,12,17H,3-7,9H2,1-2H3,(H,21,26). The first-order valence-electron chi connectivity index (χ1n) is 8.68. The number of carbonyl (C=O) groups is 1. The summed E-state index contributed by atoms with van der Waals surface area (Å²) in [5.74, 6) is 0.0146. The Kier molecular flexibility index (Phi) is 5.60. The first-order valence-corrected chi connectivity index (χ1v) is 9.06. The summed E-state index contributed by atoms with van der Waals surface area (Å²) in [6.45, 7) is 4.83. The summed E-state index contributed by atoms with van der Waals surface area (Å²) >= 11 is 6.11. The van der Waals surface area contributed by atoms with Crippen LogP contribution in [0.25, 0.3) is 0 Å². The molecule has 0 spiro atoms. The van der Waals surface area contributed by atoms with Crippen LogP contribution in [0.15, 0.2) is 6.07 Å². The first-order chi connectivity index (χ1) is 12.4. The second kappa shape index (κ2) is 7.73. The maximum atomic E-state index is 12.9. The molecule has 1 aliphatic carbocycles. The van der Waals surface area contributed by atoms with Crippen LogP contribution in [-0.2, 0) is 17.9 Å². The molecular formula is C17H22ClF2N5O. The van der Waals surface area contributed by atoms with Crippen molar-refractivity contribution in [2.24, 2.45) is 0 Å². The molecule has 3 rings (SSSR count). The fraction of sp³-hybridized carbons (Fsp3) is 0.588. The Labute approximate surface area is 155 Å². The van der Waals surface area contributed by atoms with Gasteiger partial charge in [0.15, 0.2) is 0 Å². The van der Waals surface area contributed by atoms with Crippen LogP contribution in [0.1, 0.15) is 54.4 Å². The highest BCUT2D eigenvalue weighted by atomic mass is 35.5. The third-order valence-electron chi connectivity index (χ3n) is 4.50. The summed E-state index contributed by atoms with van der Waals surface area (Å²) in [7, 11) is 0. The summed E-state index contributed by atoms with van der Waals surface area (Å²) in [4.78, 5) is 12.1. The molecule has 2 heterocycles. The van der Waals surface area contributed by atoms with Gasteiger partial charge in [0, 0.05) is 24.7 Å². The van der Waals surface area contributed by atoms with Crippen molar-refractivity contribution in [3.63, 3.8) is 0 Å². The molecule has 26 heavy (non-hydrogen) atoms. The predicted octanol–water partition coefficient (Wildman–Crippen LogP) is 3.37. The summed E-state index contributed by atoms with van der Waals surface area (Å²) in [5.41, 5.74) is 2.16. The van der Waals surface area contributed by atoms with Crippen LogP contribution in [0.4, 0.5) is 8.78 Å². The molecule has 1 aliphatic rings. The lowest BCUT2D eigenvalue weighted by Crippen LogP contribution is -2.30. The number of halogens is 3. The van der Waals surface area contributed by atoms with Crippen LogP contribution in [-0.4, -0.2) is 32.0 Å². The molecule has 0 aromatic carbocycles. The second-order valence-corrected chi connectivity index (χ2v) is 7.02. The van der Waals surface area contributed by atoms with Crippen molar-refractivity contribution < 1.29 is 13.6 Å². The van der Waals surface area contributed by atoms with Gasteiger partial charge in [0.2, 0.25) is 5.91 Å². The minimum atomic E-state index is -2.62. The summed E-state index contributed by atoms with van der Waals surface area (Å²) in [6.07, 6.45) is -0.00656. The van der Waals surface area contributed by atoms with E-state index >= 15 is 0 Å². The van der Waals surface area contributed by atoms with Crippen LogP contribution in [0.2, 0.25) is 5.02 Å². The van der Waals surface area contributed by atoms with Crippen molar-refractivity contribution in [2.75, 3.05) is 6.54 Å². The Balaban J connectivity index is 1.49. The fourth-order valence-electron chi connectivity index (χ4n) is 2.93. The Morgan fingerprint density at radius 1 is 1.35 bits per heavy atom. The smallest absolute Gasteiger partial charge is 0.282 e. The van der Waals surface area contributed by atoms with Crippen molar-refractivity contribution in [3.05, 3.63) is 33.9 Å². The molecule has 6 nitrogen and oxygen atoms in total. The number of amides is 1. The van der Waals surface area contributed by atoms with E-state index in [1.807, 2.05) is 18.5 Å². The number of aromatic nitrogens is 4. The third kappa shape index (κ3) is 4.23. The van der Waals surface area contributed by atoms with Gasteiger partial charge in [-0.1, -0.05) is 11.6 Å². The van der Waals surface area contributed by atoms with E-state index in [2.05, 4.69) is 15.5 Å². The van der Waals surface area contributed by atoms with Gasteiger partial charge in [-0.25, -0.2) is 8.78 Å². The van der Waals surface area contributed by atoms with Crippen LogP contribution in [0.5, 0.6) is 0 Å². The minimum absolute atomic E-state index is 0.0374. The molecule has 0 saturated heterocycles. The second-order valence-electron chi connectivity index (χ2n) is 6.64. The number of aryl methyl sites for hydroxylation is 2. The van der Waals surface area contributed by atoms with Gasteiger partial charge in [-0.2, -0.15) is 10.2 Å². The van der Waals surface area contributed by atoms with Gasteiger partial charge in [0.25, 0.3) is 6.43 Å². The Morgan fingerprint density at radius 3 is 2.65 bits per heavy atom. The van der Waals surface area contributed by atoms with Gasteiger partial charge in [0.1, 0.15) is 12.2 Å². The molecule has 2 aromatic rings. The lowest BCUT2D eigenvalue weighted by Gasteiger charge is -2.09. The molecule has 1 fully saturated rings. The maximum Gasteiger partial charge on any atom is 0.282 e. The largest absolute Gasteiger partial charge is 0.354 e. The molecule has 1 N–H and O–H groups in total. The van der Waals surface area contributed by atoms with E-state index in [0.717, 1.165) is 29.9 Å². The monoisotopic (exact) mass is 385 g/mol. The van der Waals surface area contributed by atoms with Gasteiger partial charge in [-0.05, 0) is 39.2 Å². The Hall–Kier alpha value is -1.96. The van der Waals surface area contributed by atoms with Crippen LogP contribution in [0, 0.1) is 13.8 Å². The van der Waals surface area contributed by atoms with Crippen LogP contribution in [0.3, 0.4) is 0 Å². The third-order valence-corrected chi connectivity index (χ3v) is 5.05. The molecule has 2 aromatic heterocycles. The molecule has 0 aliphatic heterocycles. The minimum Gasteiger partial charge on any atom is -0.354 e. The summed E-state index contributed by atoms with van der Waals surface area (Å²) in [5, 5.41) is 11.7. The van der Waals surface area contributed by atoms with Crippen LogP contribution < -0.4 is 5.32 Å². The number of alkyl halides is 2. The molecule has 9 heteroatoms. The van der Waals surface area contributed by atoms with E-state index in [-0.39, 0.29) is 24.1 Å². The summed E-state index contributed by atoms with van der Waals surface area (Å²) in [6, 6.07) is 1.42. The summed E-state index contributed by atoms with van der Waals surface area (Å²) < 4.78 is 28.9. The number of carbonyl (C=O) groups excluding carboxylic acids is 1. The van der Waals surface area contributed by atoms with Gasteiger partial charge >= 0.3 is 0 Å². The number of hydrogen-bond donors (Lipinski definition) is 1. The van der Waals surface area contributed by atoms with Crippen molar-refractivity contribution >= 4 is 17.5 Å². The van der Waals surface area contributed by atoms with Gasteiger partial charge in [0.05, 0.1) is 16.4 Å². The molecule has 0 radical (unpaired) electrons. The van der Waals surface area contributed by atoms with Gasteiger partial charge < -0.3 is 5.32 Å².